The Morgan fingerprint density at radius 1 is 1.27 bits per heavy atom. The van der Waals surface area contributed by atoms with Crippen molar-refractivity contribution in [3.8, 4) is 0 Å². The average molecular weight is 321 g/mol. The van der Waals surface area contributed by atoms with Crippen LogP contribution in [0.5, 0.6) is 0 Å². The van der Waals surface area contributed by atoms with Crippen molar-refractivity contribution < 1.29 is 18.8 Å². The molecule has 2 aromatic carbocycles. The lowest BCUT2D eigenvalue weighted by Gasteiger charge is -2.10. The van der Waals surface area contributed by atoms with E-state index >= 15 is 0 Å². The maximum Gasteiger partial charge on any atom is 0.310 e. The summed E-state index contributed by atoms with van der Waals surface area (Å²) in [5.74, 6) is -1.66. The molecule has 0 fully saturated rings. The van der Waals surface area contributed by atoms with E-state index in [-0.39, 0.29) is 12.0 Å². The van der Waals surface area contributed by atoms with E-state index in [2.05, 4.69) is 4.74 Å². The topological polar surface area (TPSA) is 69.4 Å². The highest BCUT2D eigenvalue weighted by Gasteiger charge is 2.23. The maximum atomic E-state index is 14.3. The van der Waals surface area contributed by atoms with Crippen molar-refractivity contribution in [3.63, 3.8) is 0 Å². The van der Waals surface area contributed by atoms with E-state index in [4.69, 9.17) is 0 Å². The summed E-state index contributed by atoms with van der Waals surface area (Å²) in [5.41, 5.74) is -0.689. The molecule has 2 rings (SSSR count). The summed E-state index contributed by atoms with van der Waals surface area (Å²) in [6.45, 7) is 0. The molecule has 0 aliphatic heterocycles. The van der Waals surface area contributed by atoms with Crippen LogP contribution in [-0.4, -0.2) is 18.0 Å². The normalized spacial score (nSPS) is 10.3. The van der Waals surface area contributed by atoms with Crippen molar-refractivity contribution in [3.05, 3.63) is 64.0 Å². The second-order valence-corrected chi connectivity index (χ2v) is 5.42. The summed E-state index contributed by atoms with van der Waals surface area (Å²) in [6, 6.07) is 11.7. The van der Waals surface area contributed by atoms with Crippen LogP contribution in [0.3, 0.4) is 0 Å². The van der Waals surface area contributed by atoms with E-state index < -0.39 is 22.4 Å². The molecule has 0 heterocycles. The lowest BCUT2D eigenvalue weighted by atomic mass is 10.1. The van der Waals surface area contributed by atoms with E-state index in [0.29, 0.717) is 4.90 Å². The monoisotopic (exact) mass is 321 g/mol. The van der Waals surface area contributed by atoms with Gasteiger partial charge in [-0.05, 0) is 18.2 Å². The number of nitro groups is 1. The van der Waals surface area contributed by atoms with Gasteiger partial charge in [-0.2, -0.15) is 4.39 Å². The highest BCUT2D eigenvalue weighted by atomic mass is 32.2. The maximum absolute atomic E-state index is 14.3. The molecular weight excluding hydrogens is 309 g/mol. The van der Waals surface area contributed by atoms with Gasteiger partial charge in [0, 0.05) is 21.4 Å². The number of nitro benzene ring substituents is 1. The summed E-state index contributed by atoms with van der Waals surface area (Å²) in [5, 5.41) is 10.8. The summed E-state index contributed by atoms with van der Waals surface area (Å²) in [6.07, 6.45) is -0.362. The molecule has 0 aromatic heterocycles. The Balaban J connectivity index is 2.45. The molecule has 0 N–H and O–H groups in total. The Morgan fingerprint density at radius 2 is 1.95 bits per heavy atom. The predicted molar refractivity (Wildman–Crippen MR) is 79.3 cm³/mol. The van der Waals surface area contributed by atoms with Gasteiger partial charge in [0.15, 0.2) is 0 Å². The fourth-order valence-corrected chi connectivity index (χ4v) is 2.79. The van der Waals surface area contributed by atoms with E-state index in [9.17, 15) is 19.3 Å². The van der Waals surface area contributed by atoms with Gasteiger partial charge in [0.1, 0.15) is 0 Å². The molecular formula is C15H12FNO4S. The molecule has 114 valence electrons. The molecule has 0 saturated carbocycles. The number of carbonyl (C=O) groups is 1. The van der Waals surface area contributed by atoms with Crippen molar-refractivity contribution in [2.45, 2.75) is 16.2 Å². The van der Waals surface area contributed by atoms with Crippen molar-refractivity contribution in [2.75, 3.05) is 7.11 Å². The Hall–Kier alpha value is -2.41. The third-order valence-electron chi connectivity index (χ3n) is 2.90. The Bertz CT molecular complexity index is 706. The molecule has 7 heteroatoms. The van der Waals surface area contributed by atoms with Gasteiger partial charge in [-0.1, -0.05) is 30.0 Å². The van der Waals surface area contributed by atoms with Crippen molar-refractivity contribution in [1.82, 2.24) is 0 Å². The largest absolute Gasteiger partial charge is 0.469 e. The lowest BCUT2D eigenvalue weighted by Crippen LogP contribution is -2.09. The number of halogens is 1. The lowest BCUT2D eigenvalue weighted by molar-refractivity contribution is -0.387. The first-order chi connectivity index (χ1) is 10.5. The molecule has 0 saturated heterocycles. The van der Waals surface area contributed by atoms with Crippen LogP contribution in [-0.2, 0) is 16.0 Å². The molecule has 0 aliphatic rings. The molecule has 0 bridgehead atoms. The van der Waals surface area contributed by atoms with Crippen LogP contribution in [0, 0.1) is 15.9 Å². The molecule has 22 heavy (non-hydrogen) atoms. The zero-order chi connectivity index (χ0) is 16.1. The number of hydrogen-bond acceptors (Lipinski definition) is 5. The number of carbonyl (C=O) groups excluding carboxylic acids is 1. The van der Waals surface area contributed by atoms with Crippen LogP contribution in [0.2, 0.25) is 0 Å². The van der Waals surface area contributed by atoms with Crippen molar-refractivity contribution in [1.29, 1.82) is 0 Å². The number of rotatable bonds is 5. The van der Waals surface area contributed by atoms with Gasteiger partial charge >= 0.3 is 11.7 Å². The van der Waals surface area contributed by atoms with Crippen LogP contribution in [0.15, 0.2) is 52.3 Å². The van der Waals surface area contributed by atoms with Gasteiger partial charge in [-0.25, -0.2) is 0 Å². The molecule has 0 spiro atoms. The highest BCUT2D eigenvalue weighted by Crippen LogP contribution is 2.35. The van der Waals surface area contributed by atoms with E-state index in [0.717, 1.165) is 11.0 Å². The second kappa shape index (κ2) is 7.04. The smallest absolute Gasteiger partial charge is 0.310 e. The number of esters is 1. The average Bonchev–Trinajstić information content (AvgIpc) is 2.51. The fraction of sp³-hybridized carbons (Fsp3) is 0.133. The summed E-state index contributed by atoms with van der Waals surface area (Å²) in [4.78, 5) is 22.8. The minimum atomic E-state index is -1.00. The Kier molecular flexibility index (Phi) is 5.11. The van der Waals surface area contributed by atoms with Crippen molar-refractivity contribution in [2.24, 2.45) is 0 Å². The minimum absolute atomic E-state index is 0.0325. The Labute approximate surface area is 130 Å². The van der Waals surface area contributed by atoms with E-state index in [1.807, 2.05) is 30.3 Å². The summed E-state index contributed by atoms with van der Waals surface area (Å²) >= 11 is 1.23. The number of nitrogens with zero attached hydrogens (tertiary/aromatic N) is 1. The van der Waals surface area contributed by atoms with Gasteiger partial charge in [-0.3, -0.25) is 14.9 Å². The standard InChI is InChI=1S/C15H12FNO4S/c1-21-14(18)9-11-13(22-10-5-3-2-4-6-10)8-7-12(15(11)16)17(19)20/h2-8H,9H2,1H3. The highest BCUT2D eigenvalue weighted by molar-refractivity contribution is 7.99. The van der Waals surface area contributed by atoms with Gasteiger partial charge in [-0.15, -0.1) is 0 Å². The van der Waals surface area contributed by atoms with Crippen LogP contribution >= 0.6 is 11.8 Å². The van der Waals surface area contributed by atoms with Crippen LogP contribution < -0.4 is 0 Å². The van der Waals surface area contributed by atoms with Gasteiger partial charge in [0.2, 0.25) is 5.82 Å². The molecule has 0 atom stereocenters. The first kappa shape index (κ1) is 16.0. The number of methoxy groups -OCH3 is 1. The van der Waals surface area contributed by atoms with Gasteiger partial charge in [0.25, 0.3) is 0 Å². The van der Waals surface area contributed by atoms with Crippen LogP contribution in [0.25, 0.3) is 0 Å². The van der Waals surface area contributed by atoms with Crippen molar-refractivity contribution >= 4 is 23.4 Å². The predicted octanol–water partition coefficient (Wildman–Crippen LogP) is 3.60. The Morgan fingerprint density at radius 3 is 2.55 bits per heavy atom. The summed E-state index contributed by atoms with van der Waals surface area (Å²) in [7, 11) is 1.18. The SMILES string of the molecule is COC(=O)Cc1c(Sc2ccccc2)ccc([N+](=O)[O-])c1F. The third kappa shape index (κ3) is 3.62. The fourth-order valence-electron chi connectivity index (χ4n) is 1.82. The van der Waals surface area contributed by atoms with Gasteiger partial charge in [0.05, 0.1) is 18.5 Å². The number of ether oxygens (including phenoxy) is 1. The zero-order valence-corrected chi connectivity index (χ0v) is 12.4. The quantitative estimate of drug-likeness (QED) is 0.478. The first-order valence-electron chi connectivity index (χ1n) is 6.28. The third-order valence-corrected chi connectivity index (χ3v) is 4.01. The molecule has 2 aromatic rings. The van der Waals surface area contributed by atoms with Crippen LogP contribution in [0.4, 0.5) is 10.1 Å². The molecule has 0 aliphatic carbocycles. The molecule has 0 radical (unpaired) electrons. The number of benzene rings is 2. The number of hydrogen-bond donors (Lipinski definition) is 0. The zero-order valence-electron chi connectivity index (χ0n) is 11.6. The first-order valence-corrected chi connectivity index (χ1v) is 7.10. The van der Waals surface area contributed by atoms with Crippen LogP contribution in [0.1, 0.15) is 5.56 Å². The molecule has 5 nitrogen and oxygen atoms in total. The van der Waals surface area contributed by atoms with Gasteiger partial charge < -0.3 is 4.74 Å². The van der Waals surface area contributed by atoms with E-state index in [1.54, 1.807) is 0 Å². The molecule has 0 amide bonds. The van der Waals surface area contributed by atoms with E-state index in [1.165, 1.54) is 24.9 Å². The minimum Gasteiger partial charge on any atom is -0.469 e. The molecule has 0 unspecified atom stereocenters. The second-order valence-electron chi connectivity index (χ2n) is 4.30. The summed E-state index contributed by atoms with van der Waals surface area (Å²) < 4.78 is 18.9.